The van der Waals surface area contributed by atoms with Gasteiger partial charge in [0.15, 0.2) is 0 Å². The summed E-state index contributed by atoms with van der Waals surface area (Å²) in [5, 5.41) is 0. The van der Waals surface area contributed by atoms with Gasteiger partial charge in [0, 0.05) is 18.5 Å². The van der Waals surface area contributed by atoms with Gasteiger partial charge in [-0.15, -0.1) is 0 Å². The van der Waals surface area contributed by atoms with Gasteiger partial charge in [0.25, 0.3) is 0 Å². The van der Waals surface area contributed by atoms with E-state index in [0.29, 0.717) is 12.8 Å². The number of carbonyl (C=O) groups excluding carboxylic acids is 1. The molecule has 2 rings (SSSR count). The smallest absolute Gasteiger partial charge is 0.223 e. The van der Waals surface area contributed by atoms with Crippen LogP contribution in [0.2, 0.25) is 0 Å². The number of nitrogens with two attached hydrogens (primary N) is 1. The zero-order valence-corrected chi connectivity index (χ0v) is 10.8. The van der Waals surface area contributed by atoms with E-state index >= 15 is 0 Å². The van der Waals surface area contributed by atoms with Gasteiger partial charge < -0.3 is 10.6 Å². The third kappa shape index (κ3) is 2.38. The van der Waals surface area contributed by atoms with Crippen molar-refractivity contribution in [3.8, 4) is 0 Å². The predicted molar refractivity (Wildman–Crippen MR) is 68.3 cm³/mol. The van der Waals surface area contributed by atoms with Crippen LogP contribution in [0.1, 0.15) is 38.3 Å². The van der Waals surface area contributed by atoms with Gasteiger partial charge in [0.1, 0.15) is 5.82 Å². The Labute approximate surface area is 107 Å². The lowest BCUT2D eigenvalue weighted by atomic mass is 9.89. The summed E-state index contributed by atoms with van der Waals surface area (Å²) in [6, 6.07) is 6.13. The summed E-state index contributed by atoms with van der Waals surface area (Å²) in [7, 11) is 0. The number of benzene rings is 1. The molecule has 1 fully saturated rings. The van der Waals surface area contributed by atoms with Gasteiger partial charge in [-0.3, -0.25) is 4.79 Å². The van der Waals surface area contributed by atoms with E-state index in [1.807, 2.05) is 18.7 Å². The summed E-state index contributed by atoms with van der Waals surface area (Å²) < 4.78 is 13.0. The minimum atomic E-state index is -0.273. The highest BCUT2D eigenvalue weighted by Gasteiger charge is 2.36. The van der Waals surface area contributed by atoms with Crippen LogP contribution in [0.25, 0.3) is 0 Å². The Morgan fingerprint density at radius 3 is 2.50 bits per heavy atom. The highest BCUT2D eigenvalue weighted by Crippen LogP contribution is 2.32. The molecule has 0 saturated carbocycles. The number of likely N-dealkylation sites (tertiary alicyclic amines) is 1. The molecule has 3 nitrogen and oxygen atoms in total. The van der Waals surface area contributed by atoms with E-state index in [4.69, 9.17) is 5.73 Å². The molecule has 1 amide bonds. The first-order chi connectivity index (χ1) is 8.50. The van der Waals surface area contributed by atoms with Crippen LogP contribution in [-0.4, -0.2) is 22.9 Å². The maximum Gasteiger partial charge on any atom is 0.223 e. The van der Waals surface area contributed by atoms with Crippen LogP contribution < -0.4 is 5.73 Å². The number of amides is 1. The molecule has 2 atom stereocenters. The number of halogens is 1. The molecule has 1 aromatic carbocycles. The quantitative estimate of drug-likeness (QED) is 0.874. The molecule has 0 spiro atoms. The Balaban J connectivity index is 2.36. The van der Waals surface area contributed by atoms with Gasteiger partial charge in [-0.2, -0.15) is 0 Å². The van der Waals surface area contributed by atoms with Crippen molar-refractivity contribution in [1.82, 2.24) is 4.90 Å². The van der Waals surface area contributed by atoms with Crippen LogP contribution in [-0.2, 0) is 4.79 Å². The summed E-state index contributed by atoms with van der Waals surface area (Å²) in [6.45, 7) is 3.96. The highest BCUT2D eigenvalue weighted by atomic mass is 19.1. The average molecular weight is 250 g/mol. The van der Waals surface area contributed by atoms with Gasteiger partial charge >= 0.3 is 0 Å². The average Bonchev–Trinajstić information content (AvgIpc) is 2.32. The predicted octanol–water partition coefficient (Wildman–Crippen LogP) is 2.22. The maximum absolute atomic E-state index is 13.0. The molecule has 18 heavy (non-hydrogen) atoms. The van der Waals surface area contributed by atoms with Gasteiger partial charge in [0.05, 0.1) is 6.04 Å². The van der Waals surface area contributed by atoms with Crippen LogP contribution in [0, 0.1) is 5.82 Å². The van der Waals surface area contributed by atoms with Crippen molar-refractivity contribution in [2.45, 2.75) is 44.8 Å². The molecule has 0 bridgehead atoms. The molecule has 0 aromatic heterocycles. The van der Waals surface area contributed by atoms with E-state index in [1.54, 1.807) is 12.1 Å². The van der Waals surface area contributed by atoms with E-state index in [1.165, 1.54) is 12.1 Å². The number of nitrogens with zero attached hydrogens (tertiary/aromatic N) is 1. The topological polar surface area (TPSA) is 46.3 Å². The molecule has 1 saturated heterocycles. The summed E-state index contributed by atoms with van der Waals surface area (Å²) in [5.74, 6) is -0.147. The Kier molecular flexibility index (Phi) is 3.66. The Morgan fingerprint density at radius 2 is 1.94 bits per heavy atom. The van der Waals surface area contributed by atoms with E-state index in [0.717, 1.165) is 5.56 Å². The van der Waals surface area contributed by atoms with Crippen molar-refractivity contribution < 1.29 is 9.18 Å². The van der Waals surface area contributed by atoms with Gasteiger partial charge in [-0.05, 0) is 38.0 Å². The largest absolute Gasteiger partial charge is 0.332 e. The minimum Gasteiger partial charge on any atom is -0.332 e. The second-order valence-corrected chi connectivity index (χ2v) is 5.09. The Bertz CT molecular complexity index is 430. The van der Waals surface area contributed by atoms with Crippen LogP contribution in [0.5, 0.6) is 0 Å². The van der Waals surface area contributed by atoms with Crippen molar-refractivity contribution >= 4 is 5.91 Å². The lowest BCUT2D eigenvalue weighted by Crippen LogP contribution is -2.51. The standard InChI is InChI=1S/C14H19FN2O/c1-9(2)17-13(18)8-7-12(16)14(17)10-3-5-11(15)6-4-10/h3-6,9,12,14H,7-8,16H2,1-2H3. The molecule has 0 radical (unpaired) electrons. The second-order valence-electron chi connectivity index (χ2n) is 5.09. The summed E-state index contributed by atoms with van der Waals surface area (Å²) >= 11 is 0. The molecule has 1 aliphatic heterocycles. The van der Waals surface area contributed by atoms with E-state index < -0.39 is 0 Å². The fourth-order valence-corrected chi connectivity index (χ4v) is 2.62. The molecule has 1 aliphatic rings. The molecule has 4 heteroatoms. The van der Waals surface area contributed by atoms with Crippen molar-refractivity contribution in [1.29, 1.82) is 0 Å². The summed E-state index contributed by atoms with van der Waals surface area (Å²) in [4.78, 5) is 13.8. The minimum absolute atomic E-state index is 0.0874. The molecule has 2 unspecified atom stereocenters. The lowest BCUT2D eigenvalue weighted by Gasteiger charge is -2.42. The van der Waals surface area contributed by atoms with E-state index in [-0.39, 0.29) is 29.8 Å². The van der Waals surface area contributed by atoms with E-state index in [2.05, 4.69) is 0 Å². The van der Waals surface area contributed by atoms with Gasteiger partial charge in [-0.1, -0.05) is 12.1 Å². The third-order valence-corrected chi connectivity index (χ3v) is 3.45. The fraction of sp³-hybridized carbons (Fsp3) is 0.500. The zero-order chi connectivity index (χ0) is 13.3. The van der Waals surface area contributed by atoms with Crippen LogP contribution in [0.4, 0.5) is 4.39 Å². The SMILES string of the molecule is CC(C)N1C(=O)CCC(N)C1c1ccc(F)cc1. The molecule has 1 heterocycles. The van der Waals surface area contributed by atoms with Crippen molar-refractivity contribution in [3.63, 3.8) is 0 Å². The Morgan fingerprint density at radius 1 is 1.33 bits per heavy atom. The lowest BCUT2D eigenvalue weighted by molar-refractivity contribution is -0.139. The molecule has 0 aliphatic carbocycles. The number of piperidine rings is 1. The molecule has 98 valence electrons. The molecular weight excluding hydrogens is 231 g/mol. The first kappa shape index (κ1) is 13.0. The first-order valence-corrected chi connectivity index (χ1v) is 6.33. The summed E-state index contributed by atoms with van der Waals surface area (Å²) in [6.07, 6.45) is 1.18. The normalized spacial score (nSPS) is 24.7. The third-order valence-electron chi connectivity index (χ3n) is 3.45. The van der Waals surface area contributed by atoms with Gasteiger partial charge in [-0.25, -0.2) is 4.39 Å². The number of rotatable bonds is 2. The number of hydrogen-bond acceptors (Lipinski definition) is 2. The van der Waals surface area contributed by atoms with Crippen molar-refractivity contribution in [2.24, 2.45) is 5.73 Å². The molecular formula is C14H19FN2O. The van der Waals surface area contributed by atoms with Crippen molar-refractivity contribution in [3.05, 3.63) is 35.6 Å². The molecule has 2 N–H and O–H groups in total. The zero-order valence-electron chi connectivity index (χ0n) is 10.8. The van der Waals surface area contributed by atoms with E-state index in [9.17, 15) is 9.18 Å². The highest BCUT2D eigenvalue weighted by molar-refractivity contribution is 5.78. The summed E-state index contributed by atoms with van der Waals surface area (Å²) in [5.41, 5.74) is 7.06. The second kappa shape index (κ2) is 5.06. The van der Waals surface area contributed by atoms with Crippen LogP contribution in [0.3, 0.4) is 0 Å². The van der Waals surface area contributed by atoms with Crippen LogP contribution >= 0.6 is 0 Å². The van der Waals surface area contributed by atoms with Crippen LogP contribution in [0.15, 0.2) is 24.3 Å². The molecule has 1 aromatic rings. The first-order valence-electron chi connectivity index (χ1n) is 6.33. The monoisotopic (exact) mass is 250 g/mol. The fourth-order valence-electron chi connectivity index (χ4n) is 2.62. The number of carbonyl (C=O) groups is 1. The van der Waals surface area contributed by atoms with Crippen molar-refractivity contribution in [2.75, 3.05) is 0 Å². The number of hydrogen-bond donors (Lipinski definition) is 1. The maximum atomic E-state index is 13.0. The van der Waals surface area contributed by atoms with Gasteiger partial charge in [0.2, 0.25) is 5.91 Å². The Hall–Kier alpha value is -1.42.